The van der Waals surface area contributed by atoms with E-state index in [0.29, 0.717) is 0 Å². The molecule has 0 nitrogen and oxygen atoms in total. The Morgan fingerprint density at radius 2 is 0.667 bits per heavy atom. The summed E-state index contributed by atoms with van der Waals surface area (Å²) in [7, 11) is 0. The summed E-state index contributed by atoms with van der Waals surface area (Å²) in [4.78, 5) is 0. The van der Waals surface area contributed by atoms with Crippen molar-refractivity contribution in [3.05, 3.63) is 6.92 Å². The fourth-order valence-electron chi connectivity index (χ4n) is 0. The third-order valence-corrected chi connectivity index (χ3v) is 0. The van der Waals surface area contributed by atoms with Gasteiger partial charge in [0.15, 0.2) is 0 Å². The molecule has 1 radical (unpaired) electrons. The van der Waals surface area contributed by atoms with E-state index < -0.39 is 0 Å². The molecule has 0 amide bonds. The van der Waals surface area contributed by atoms with Crippen LogP contribution >= 0.6 is 0 Å². The predicted molar refractivity (Wildman–Crippen MR) is 39.6 cm³/mol. The summed E-state index contributed by atoms with van der Waals surface area (Å²) >= 11 is 0. The van der Waals surface area contributed by atoms with E-state index in [0.717, 1.165) is 0 Å². The molecule has 0 aliphatic carbocycles. The second-order valence-electron chi connectivity index (χ2n) is 0. The zero-order valence-corrected chi connectivity index (χ0v) is 1.71. The zero-order valence-electron chi connectivity index (χ0n) is 1.71. The Morgan fingerprint density at radius 1 is 0.667 bits per heavy atom. The first-order valence-electron chi connectivity index (χ1n) is 0.707. The van der Waals surface area contributed by atoms with Gasteiger partial charge in [0.05, 0.1) is 0 Å². The fourth-order valence-corrected chi connectivity index (χ4v) is 0. The van der Waals surface area contributed by atoms with E-state index in [-0.39, 0.29) is 118 Å². The van der Waals surface area contributed by atoms with Crippen LogP contribution in [0, 0.1) is 6.92 Å². The molecule has 0 bridgehead atoms. The van der Waals surface area contributed by atoms with Gasteiger partial charge in [-0.15, -0.1) is 0 Å². The monoisotopic (exact) mass is 125 g/mol. The molecule has 0 aromatic heterocycles. The van der Waals surface area contributed by atoms with Crippen molar-refractivity contribution in [3.63, 3.8) is 0 Å². The van der Waals surface area contributed by atoms with E-state index in [1.807, 2.05) is 0 Å². The van der Waals surface area contributed by atoms with E-state index >= 15 is 0 Å². The van der Waals surface area contributed by atoms with Crippen LogP contribution in [0.5, 0.6) is 0 Å². The molecule has 0 aromatic carbocycles. The third-order valence-electron chi connectivity index (χ3n) is 0. The average Bonchev–Trinajstić information content (AvgIpc) is 1.00. The topological polar surface area (TPSA) is 0 Å². The van der Waals surface area contributed by atoms with Gasteiger partial charge in [0.2, 0.25) is 0 Å². The SMILES string of the molecule is [CH2]C.[NaH].[NaH].[NaH].[NaH]. The van der Waals surface area contributed by atoms with E-state index in [2.05, 4.69) is 6.92 Å². The van der Waals surface area contributed by atoms with Gasteiger partial charge in [-0.3, -0.25) is 0 Å². The molecule has 0 aliphatic rings. The van der Waals surface area contributed by atoms with Crippen molar-refractivity contribution < 1.29 is 0 Å². The molecule has 0 spiro atoms. The normalized spacial score (nSPS) is 1.00. The second kappa shape index (κ2) is 36.0. The maximum atomic E-state index is 3.25. The Labute approximate surface area is 129 Å². The van der Waals surface area contributed by atoms with Gasteiger partial charge < -0.3 is 0 Å². The number of hydrogen-bond donors (Lipinski definition) is 0. The summed E-state index contributed by atoms with van der Waals surface area (Å²) in [5.41, 5.74) is 0. The predicted octanol–water partition coefficient (Wildman–Crippen LogP) is -1.75. The first-order valence-corrected chi connectivity index (χ1v) is 0.707. The van der Waals surface area contributed by atoms with Crippen molar-refractivity contribution in [1.29, 1.82) is 0 Å². The van der Waals surface area contributed by atoms with Gasteiger partial charge in [0.25, 0.3) is 0 Å². The first kappa shape index (κ1) is 32.4. The van der Waals surface area contributed by atoms with E-state index in [1.54, 1.807) is 6.92 Å². The molecular weight excluding hydrogens is 116 g/mol. The first-order chi connectivity index (χ1) is 1.00. The van der Waals surface area contributed by atoms with Crippen LogP contribution in [0.2, 0.25) is 0 Å². The van der Waals surface area contributed by atoms with Crippen LogP contribution in [-0.4, -0.2) is 118 Å². The molecular formula is C2H9Na4. The minimum atomic E-state index is 0. The molecule has 0 rings (SSSR count). The Hall–Kier alpha value is 4.00. The molecule has 0 saturated heterocycles. The average molecular weight is 125 g/mol. The van der Waals surface area contributed by atoms with Crippen molar-refractivity contribution in [2.45, 2.75) is 6.92 Å². The standard InChI is InChI=1S/C2H5.4Na.4H/c1-2;;;;;;;;/h1H2,2H3;;;;;;;;. The Kier molecular flexibility index (Phi) is 194. The van der Waals surface area contributed by atoms with Crippen molar-refractivity contribution >= 4 is 118 Å². The quantitative estimate of drug-likeness (QED) is 0.337. The molecule has 0 fully saturated rings. The van der Waals surface area contributed by atoms with Gasteiger partial charge in [-0.05, 0) is 0 Å². The molecule has 6 heavy (non-hydrogen) atoms. The van der Waals surface area contributed by atoms with Crippen LogP contribution < -0.4 is 0 Å². The zero-order chi connectivity index (χ0) is 2.00. The Morgan fingerprint density at radius 3 is 0.667 bits per heavy atom. The summed E-state index contributed by atoms with van der Waals surface area (Å²) in [6, 6.07) is 0. The van der Waals surface area contributed by atoms with Crippen molar-refractivity contribution in [2.75, 3.05) is 0 Å². The van der Waals surface area contributed by atoms with Crippen molar-refractivity contribution in [2.24, 2.45) is 0 Å². The van der Waals surface area contributed by atoms with Crippen LogP contribution in [-0.2, 0) is 0 Å². The van der Waals surface area contributed by atoms with Crippen molar-refractivity contribution in [1.82, 2.24) is 0 Å². The Bertz CT molecular complexity index is 5.51. The van der Waals surface area contributed by atoms with Gasteiger partial charge in [-0.25, -0.2) is 0 Å². The molecule has 0 saturated carbocycles. The summed E-state index contributed by atoms with van der Waals surface area (Å²) < 4.78 is 0. The molecule has 4 heteroatoms. The summed E-state index contributed by atoms with van der Waals surface area (Å²) in [5, 5.41) is 0. The molecule has 0 unspecified atom stereocenters. The van der Waals surface area contributed by atoms with Gasteiger partial charge >= 0.3 is 118 Å². The van der Waals surface area contributed by atoms with Gasteiger partial charge in [0.1, 0.15) is 0 Å². The van der Waals surface area contributed by atoms with Crippen LogP contribution in [0.3, 0.4) is 0 Å². The van der Waals surface area contributed by atoms with Crippen LogP contribution in [0.15, 0.2) is 0 Å². The molecule has 0 atom stereocenters. The molecule has 0 aliphatic heterocycles. The minimum absolute atomic E-state index is 0. The summed E-state index contributed by atoms with van der Waals surface area (Å²) in [5.74, 6) is 0. The van der Waals surface area contributed by atoms with Gasteiger partial charge in [-0.1, -0.05) is 13.8 Å². The second-order valence-corrected chi connectivity index (χ2v) is 0. The number of rotatable bonds is 0. The van der Waals surface area contributed by atoms with Gasteiger partial charge in [0, 0.05) is 0 Å². The van der Waals surface area contributed by atoms with Crippen LogP contribution in [0.25, 0.3) is 0 Å². The number of hydrogen-bond acceptors (Lipinski definition) is 0. The molecule has 21 valence electrons. The molecule has 0 aromatic rings. The van der Waals surface area contributed by atoms with E-state index in [9.17, 15) is 0 Å². The van der Waals surface area contributed by atoms with Crippen LogP contribution in [0.4, 0.5) is 0 Å². The van der Waals surface area contributed by atoms with E-state index in [4.69, 9.17) is 0 Å². The van der Waals surface area contributed by atoms with Crippen LogP contribution in [0.1, 0.15) is 6.92 Å². The van der Waals surface area contributed by atoms with Gasteiger partial charge in [-0.2, -0.15) is 0 Å². The summed E-state index contributed by atoms with van der Waals surface area (Å²) in [6.07, 6.45) is 0. The summed E-state index contributed by atoms with van der Waals surface area (Å²) in [6.45, 7) is 5.00. The van der Waals surface area contributed by atoms with E-state index in [1.165, 1.54) is 0 Å². The maximum absolute atomic E-state index is 3.25. The van der Waals surface area contributed by atoms with Crippen molar-refractivity contribution in [3.8, 4) is 0 Å². The fraction of sp³-hybridized carbons (Fsp3) is 0.500. The molecule has 0 N–H and O–H groups in total. The Balaban J connectivity index is -0.000000000833. The third kappa shape index (κ3) is 24.5. The molecule has 0 heterocycles.